The van der Waals surface area contributed by atoms with Crippen LogP contribution in [0.3, 0.4) is 0 Å². The van der Waals surface area contributed by atoms with E-state index in [9.17, 15) is 0 Å². The summed E-state index contributed by atoms with van der Waals surface area (Å²) in [7, 11) is 0. The maximum Gasteiger partial charge on any atom is 0.0703 e. The van der Waals surface area contributed by atoms with Gasteiger partial charge in [-0.25, -0.2) is 0 Å². The number of hydrogen-bond donors (Lipinski definition) is 1. The van der Waals surface area contributed by atoms with Crippen LogP contribution in [0.1, 0.15) is 39.0 Å². The molecule has 0 radical (unpaired) electrons. The van der Waals surface area contributed by atoms with Crippen LogP contribution in [0.25, 0.3) is 0 Å². The lowest BCUT2D eigenvalue weighted by atomic mass is 9.96. The topological polar surface area (TPSA) is 38.5 Å². The van der Waals surface area contributed by atoms with Gasteiger partial charge in [0.05, 0.1) is 6.10 Å². The van der Waals surface area contributed by atoms with Gasteiger partial charge >= 0.3 is 0 Å². The highest BCUT2D eigenvalue weighted by molar-refractivity contribution is 4.85. The summed E-state index contributed by atoms with van der Waals surface area (Å²) in [4.78, 5) is 2.58. The predicted molar refractivity (Wildman–Crippen MR) is 61.8 cm³/mol. The average molecular weight is 212 g/mol. The van der Waals surface area contributed by atoms with Crippen LogP contribution >= 0.6 is 0 Å². The molecule has 0 saturated carbocycles. The predicted octanol–water partition coefficient (Wildman–Crippen LogP) is 1.37. The molecule has 0 aromatic heterocycles. The number of piperidine rings is 1. The molecular formula is C12H24N2O. The lowest BCUT2D eigenvalue weighted by molar-refractivity contribution is 0.0225. The van der Waals surface area contributed by atoms with E-state index in [1.54, 1.807) is 0 Å². The van der Waals surface area contributed by atoms with Crippen molar-refractivity contribution in [1.82, 2.24) is 4.90 Å². The first-order valence-electron chi connectivity index (χ1n) is 6.38. The molecule has 0 aromatic rings. The smallest absolute Gasteiger partial charge is 0.0703 e. The number of nitrogens with two attached hydrogens (primary N) is 1. The van der Waals surface area contributed by atoms with E-state index in [2.05, 4.69) is 11.8 Å². The Morgan fingerprint density at radius 1 is 1.27 bits per heavy atom. The van der Waals surface area contributed by atoms with Crippen LogP contribution < -0.4 is 5.73 Å². The van der Waals surface area contributed by atoms with E-state index < -0.39 is 0 Å². The summed E-state index contributed by atoms with van der Waals surface area (Å²) < 4.78 is 5.71. The second kappa shape index (κ2) is 5.28. The van der Waals surface area contributed by atoms with Crippen LogP contribution in [0.15, 0.2) is 0 Å². The molecule has 2 rings (SSSR count). The van der Waals surface area contributed by atoms with E-state index in [4.69, 9.17) is 10.5 Å². The van der Waals surface area contributed by atoms with Gasteiger partial charge in [-0.15, -0.1) is 0 Å². The van der Waals surface area contributed by atoms with Gasteiger partial charge in [-0.3, -0.25) is 4.90 Å². The first-order chi connectivity index (χ1) is 7.31. The molecule has 3 heteroatoms. The third kappa shape index (κ3) is 2.71. The first-order valence-corrected chi connectivity index (χ1v) is 6.38. The molecule has 2 fully saturated rings. The Bertz CT molecular complexity index is 192. The van der Waals surface area contributed by atoms with Crippen LogP contribution in [0.2, 0.25) is 0 Å². The Morgan fingerprint density at radius 2 is 2.13 bits per heavy atom. The van der Waals surface area contributed by atoms with Gasteiger partial charge < -0.3 is 10.5 Å². The number of nitrogens with zero attached hydrogens (tertiary/aromatic N) is 1. The lowest BCUT2D eigenvalue weighted by Gasteiger charge is -2.41. The Hall–Kier alpha value is -0.120. The first kappa shape index (κ1) is 11.4. The Kier molecular flexibility index (Phi) is 4.00. The second-order valence-electron chi connectivity index (χ2n) is 5.00. The standard InChI is InChI=1S/C12H24N2O/c1-10-4-2-5-11(8-13)14(10)9-12-6-3-7-15-12/h10-12H,2-9,13H2,1H3. The zero-order chi connectivity index (χ0) is 10.7. The summed E-state index contributed by atoms with van der Waals surface area (Å²) in [5, 5.41) is 0. The van der Waals surface area contributed by atoms with Gasteiger partial charge in [0.15, 0.2) is 0 Å². The largest absolute Gasteiger partial charge is 0.377 e. The van der Waals surface area contributed by atoms with E-state index in [-0.39, 0.29) is 0 Å². The quantitative estimate of drug-likeness (QED) is 0.768. The molecule has 2 saturated heterocycles. The molecule has 2 aliphatic rings. The maximum atomic E-state index is 5.85. The molecular weight excluding hydrogens is 188 g/mol. The zero-order valence-corrected chi connectivity index (χ0v) is 9.82. The molecule has 0 aromatic carbocycles. The monoisotopic (exact) mass is 212 g/mol. The lowest BCUT2D eigenvalue weighted by Crippen LogP contribution is -2.51. The molecule has 0 aliphatic carbocycles. The highest BCUT2D eigenvalue weighted by atomic mass is 16.5. The summed E-state index contributed by atoms with van der Waals surface area (Å²) in [5.74, 6) is 0. The summed E-state index contributed by atoms with van der Waals surface area (Å²) in [6.45, 7) is 5.19. The summed E-state index contributed by atoms with van der Waals surface area (Å²) in [6.07, 6.45) is 6.88. The van der Waals surface area contributed by atoms with Crippen molar-refractivity contribution in [2.45, 2.75) is 57.2 Å². The Morgan fingerprint density at radius 3 is 2.80 bits per heavy atom. The van der Waals surface area contributed by atoms with E-state index in [0.717, 1.165) is 19.7 Å². The third-order valence-electron chi connectivity index (χ3n) is 3.90. The van der Waals surface area contributed by atoms with Gasteiger partial charge in [0, 0.05) is 31.8 Å². The van der Waals surface area contributed by atoms with Crippen molar-refractivity contribution in [2.24, 2.45) is 5.73 Å². The number of rotatable bonds is 3. The Labute approximate surface area is 93.0 Å². The van der Waals surface area contributed by atoms with E-state index in [1.807, 2.05) is 0 Å². The molecule has 0 amide bonds. The van der Waals surface area contributed by atoms with E-state index in [0.29, 0.717) is 18.2 Å². The number of ether oxygens (including phenoxy) is 1. The van der Waals surface area contributed by atoms with Crippen LogP contribution in [0, 0.1) is 0 Å². The summed E-state index contributed by atoms with van der Waals surface area (Å²) in [6, 6.07) is 1.29. The molecule has 3 atom stereocenters. The van der Waals surface area contributed by atoms with Crippen LogP contribution in [0.5, 0.6) is 0 Å². The van der Waals surface area contributed by atoms with E-state index in [1.165, 1.54) is 32.1 Å². The fourth-order valence-corrected chi connectivity index (χ4v) is 2.95. The highest BCUT2D eigenvalue weighted by Crippen LogP contribution is 2.24. The Balaban J connectivity index is 1.90. The molecule has 2 aliphatic heterocycles. The third-order valence-corrected chi connectivity index (χ3v) is 3.90. The van der Waals surface area contributed by atoms with Crippen LogP contribution in [-0.4, -0.2) is 42.8 Å². The van der Waals surface area contributed by atoms with Crippen LogP contribution in [-0.2, 0) is 4.74 Å². The van der Waals surface area contributed by atoms with Crippen molar-refractivity contribution in [3.05, 3.63) is 0 Å². The highest BCUT2D eigenvalue weighted by Gasteiger charge is 2.30. The zero-order valence-electron chi connectivity index (χ0n) is 9.82. The van der Waals surface area contributed by atoms with Crippen molar-refractivity contribution in [1.29, 1.82) is 0 Å². The van der Waals surface area contributed by atoms with Gasteiger partial charge in [-0.1, -0.05) is 6.42 Å². The van der Waals surface area contributed by atoms with Gasteiger partial charge in [0.2, 0.25) is 0 Å². The fourth-order valence-electron chi connectivity index (χ4n) is 2.95. The van der Waals surface area contributed by atoms with Gasteiger partial charge in [0.1, 0.15) is 0 Å². The van der Waals surface area contributed by atoms with Crippen LogP contribution in [0.4, 0.5) is 0 Å². The average Bonchev–Trinajstić information content (AvgIpc) is 2.74. The fraction of sp³-hybridized carbons (Fsp3) is 1.00. The van der Waals surface area contributed by atoms with Gasteiger partial charge in [0.25, 0.3) is 0 Å². The second-order valence-corrected chi connectivity index (χ2v) is 5.00. The summed E-state index contributed by atoms with van der Waals surface area (Å²) >= 11 is 0. The molecule has 15 heavy (non-hydrogen) atoms. The normalized spacial score (nSPS) is 38.4. The van der Waals surface area contributed by atoms with Gasteiger partial charge in [-0.05, 0) is 32.6 Å². The van der Waals surface area contributed by atoms with Crippen molar-refractivity contribution < 1.29 is 4.74 Å². The maximum absolute atomic E-state index is 5.85. The molecule has 2 heterocycles. The van der Waals surface area contributed by atoms with Crippen molar-refractivity contribution >= 4 is 0 Å². The number of likely N-dealkylation sites (tertiary alicyclic amines) is 1. The molecule has 88 valence electrons. The molecule has 3 unspecified atom stereocenters. The van der Waals surface area contributed by atoms with Crippen molar-refractivity contribution in [3.8, 4) is 0 Å². The van der Waals surface area contributed by atoms with Crippen molar-refractivity contribution in [2.75, 3.05) is 19.7 Å². The van der Waals surface area contributed by atoms with Gasteiger partial charge in [-0.2, -0.15) is 0 Å². The minimum atomic E-state index is 0.472. The molecule has 0 spiro atoms. The molecule has 0 bridgehead atoms. The SMILES string of the molecule is CC1CCCC(CN)N1CC1CCCO1. The summed E-state index contributed by atoms with van der Waals surface area (Å²) in [5.41, 5.74) is 5.85. The minimum absolute atomic E-state index is 0.472. The van der Waals surface area contributed by atoms with E-state index >= 15 is 0 Å². The molecule has 3 nitrogen and oxygen atoms in total. The van der Waals surface area contributed by atoms with Crippen molar-refractivity contribution in [3.63, 3.8) is 0 Å². The molecule has 2 N–H and O–H groups in total. The number of hydrogen-bond acceptors (Lipinski definition) is 3. The minimum Gasteiger partial charge on any atom is -0.377 e.